The Morgan fingerprint density at radius 2 is 1.78 bits per heavy atom. The molecule has 0 saturated carbocycles. The Morgan fingerprint density at radius 1 is 1.09 bits per heavy atom. The summed E-state index contributed by atoms with van der Waals surface area (Å²) in [7, 11) is 0. The second kappa shape index (κ2) is 5.32. The van der Waals surface area contributed by atoms with Crippen molar-refractivity contribution in [3.8, 4) is 0 Å². The van der Waals surface area contributed by atoms with Crippen molar-refractivity contribution in [1.82, 2.24) is 0 Å². The molecule has 2 aromatic carbocycles. The largest absolute Gasteiger partial charge is 0.416 e. The van der Waals surface area contributed by atoms with E-state index in [9.17, 15) is 23.2 Å². The van der Waals surface area contributed by atoms with Crippen LogP contribution in [0.25, 0.3) is 0 Å². The quantitative estimate of drug-likeness (QED) is 0.800. The summed E-state index contributed by atoms with van der Waals surface area (Å²) in [4.78, 5) is 12.2. The fourth-order valence-corrected chi connectivity index (χ4v) is 2.38. The van der Waals surface area contributed by atoms with Gasteiger partial charge in [-0.15, -0.1) is 0 Å². The smallest absolute Gasteiger partial charge is 0.304 e. The number of para-hydroxylation sites is 2. The number of urea groups is 1. The second-order valence-electron chi connectivity index (χ2n) is 4.71. The van der Waals surface area contributed by atoms with Gasteiger partial charge in [-0.1, -0.05) is 23.7 Å². The molecule has 23 heavy (non-hydrogen) atoms. The van der Waals surface area contributed by atoms with Crippen molar-refractivity contribution in [2.24, 2.45) is 0 Å². The van der Waals surface area contributed by atoms with E-state index in [-0.39, 0.29) is 16.4 Å². The molecule has 120 valence electrons. The van der Waals surface area contributed by atoms with E-state index in [2.05, 4.69) is 5.32 Å². The van der Waals surface area contributed by atoms with Gasteiger partial charge >= 0.3 is 12.2 Å². The lowest BCUT2D eigenvalue weighted by Gasteiger charge is -2.36. The zero-order chi connectivity index (χ0) is 16.8. The number of amides is 2. The summed E-state index contributed by atoms with van der Waals surface area (Å²) in [5.41, 5.74) is -0.770. The van der Waals surface area contributed by atoms with E-state index < -0.39 is 17.8 Å². The Kier molecular flexibility index (Phi) is 3.57. The molecule has 0 radical (unpaired) electrons. The van der Waals surface area contributed by atoms with Crippen LogP contribution in [0.1, 0.15) is 5.56 Å². The predicted octanol–water partition coefficient (Wildman–Crippen LogP) is 4.52. The van der Waals surface area contributed by atoms with Crippen molar-refractivity contribution in [3.63, 3.8) is 0 Å². The van der Waals surface area contributed by atoms with E-state index in [1.165, 1.54) is 6.07 Å². The van der Waals surface area contributed by atoms with Gasteiger partial charge in [0, 0.05) is 0 Å². The van der Waals surface area contributed by atoms with Crippen LogP contribution in [-0.4, -0.2) is 11.2 Å². The third-order valence-corrected chi connectivity index (χ3v) is 3.56. The van der Waals surface area contributed by atoms with E-state index in [0.29, 0.717) is 21.9 Å². The fraction of sp³-hybridized carbons (Fsp3) is 0.0714. The molecule has 0 aliphatic carbocycles. The van der Waals surface area contributed by atoms with Crippen LogP contribution in [0.4, 0.5) is 35.0 Å². The van der Waals surface area contributed by atoms with Crippen molar-refractivity contribution >= 4 is 34.7 Å². The number of alkyl halides is 3. The Hall–Kier alpha value is -2.45. The molecule has 0 spiro atoms. The number of nitrogens with one attached hydrogen (secondary N) is 1. The van der Waals surface area contributed by atoms with E-state index in [4.69, 9.17) is 11.6 Å². The molecule has 5 nitrogen and oxygen atoms in total. The number of rotatable bonds is 1. The molecule has 9 heteroatoms. The number of carbonyl (C=O) groups is 1. The van der Waals surface area contributed by atoms with Gasteiger partial charge in [0.15, 0.2) is 0 Å². The zero-order valence-electron chi connectivity index (χ0n) is 11.3. The Morgan fingerprint density at radius 3 is 2.48 bits per heavy atom. The monoisotopic (exact) mass is 343 g/mol. The molecule has 1 heterocycles. The maximum Gasteiger partial charge on any atom is 0.416 e. The maximum absolute atomic E-state index is 12.9. The molecule has 0 atom stereocenters. The third-order valence-electron chi connectivity index (χ3n) is 3.24. The zero-order valence-corrected chi connectivity index (χ0v) is 12.1. The molecule has 0 saturated heterocycles. The number of fused-ring (bicyclic) bond motifs is 1. The highest BCUT2D eigenvalue weighted by molar-refractivity contribution is 6.34. The van der Waals surface area contributed by atoms with Crippen LogP contribution in [0.15, 0.2) is 42.5 Å². The summed E-state index contributed by atoms with van der Waals surface area (Å²) in [6, 6.07) is 7.94. The first-order valence-corrected chi connectivity index (χ1v) is 6.72. The Bertz CT molecular complexity index is 782. The molecular weight excluding hydrogens is 335 g/mol. The number of carbonyl (C=O) groups excluding carboxylic acids is 1. The van der Waals surface area contributed by atoms with Crippen LogP contribution < -0.4 is 15.5 Å². The van der Waals surface area contributed by atoms with Crippen LogP contribution in [0, 0.1) is 0 Å². The highest BCUT2D eigenvalue weighted by atomic mass is 35.5. The molecule has 0 unspecified atom stereocenters. The number of anilines is 3. The molecule has 2 amide bonds. The summed E-state index contributed by atoms with van der Waals surface area (Å²) in [6.07, 6.45) is -4.61. The van der Waals surface area contributed by atoms with Gasteiger partial charge in [0.25, 0.3) is 0 Å². The second-order valence-corrected chi connectivity index (χ2v) is 5.12. The van der Waals surface area contributed by atoms with Gasteiger partial charge < -0.3 is 5.32 Å². The lowest BCUT2D eigenvalue weighted by molar-refractivity contribution is -0.137. The molecule has 3 rings (SSSR count). The molecule has 0 aromatic heterocycles. The summed E-state index contributed by atoms with van der Waals surface area (Å²) < 4.78 is 38.6. The predicted molar refractivity (Wildman–Crippen MR) is 78.7 cm³/mol. The van der Waals surface area contributed by atoms with Gasteiger partial charge in [0.2, 0.25) is 0 Å². The molecule has 2 aromatic rings. The molecule has 0 bridgehead atoms. The number of halogens is 4. The average molecular weight is 344 g/mol. The maximum atomic E-state index is 12.9. The topological polar surface area (TPSA) is 55.8 Å². The van der Waals surface area contributed by atoms with Crippen molar-refractivity contribution in [2.75, 3.05) is 15.5 Å². The van der Waals surface area contributed by atoms with E-state index in [1.54, 1.807) is 18.2 Å². The number of hydrazine groups is 1. The summed E-state index contributed by atoms with van der Waals surface area (Å²) in [5, 5.41) is 13.7. The normalized spacial score (nSPS) is 14.6. The van der Waals surface area contributed by atoms with Crippen LogP contribution >= 0.6 is 11.6 Å². The molecular formula is C14H9ClF3N3O2. The summed E-state index contributed by atoms with van der Waals surface area (Å²) in [5.74, 6) is 0. The van der Waals surface area contributed by atoms with Crippen LogP contribution in [0.3, 0.4) is 0 Å². The van der Waals surface area contributed by atoms with Crippen molar-refractivity contribution < 1.29 is 23.2 Å². The first-order chi connectivity index (χ1) is 10.8. The van der Waals surface area contributed by atoms with Gasteiger partial charge in [-0.3, -0.25) is 5.21 Å². The van der Waals surface area contributed by atoms with Crippen LogP contribution in [0.2, 0.25) is 5.02 Å². The van der Waals surface area contributed by atoms with Crippen molar-refractivity contribution in [2.45, 2.75) is 6.18 Å². The van der Waals surface area contributed by atoms with Crippen molar-refractivity contribution in [1.29, 1.82) is 0 Å². The van der Waals surface area contributed by atoms with Gasteiger partial charge in [-0.25, -0.2) is 4.79 Å². The van der Waals surface area contributed by atoms with E-state index >= 15 is 0 Å². The van der Waals surface area contributed by atoms with Gasteiger partial charge in [0.05, 0.1) is 22.0 Å². The molecule has 0 fully saturated rings. The van der Waals surface area contributed by atoms with E-state index in [0.717, 1.165) is 12.1 Å². The van der Waals surface area contributed by atoms with Crippen LogP contribution in [-0.2, 0) is 6.18 Å². The van der Waals surface area contributed by atoms with Crippen LogP contribution in [0.5, 0.6) is 0 Å². The highest BCUT2D eigenvalue weighted by Gasteiger charge is 2.35. The average Bonchev–Trinajstić information content (AvgIpc) is 2.48. The number of hydrogen-bond donors (Lipinski definition) is 2. The molecule has 1 aliphatic heterocycles. The Balaban J connectivity index is 2.10. The van der Waals surface area contributed by atoms with E-state index in [1.807, 2.05) is 0 Å². The SMILES string of the molecule is O=C1Nc2ccccc2N(O)N1c1cc(C(F)(F)F)ccc1Cl. The molecule has 1 aliphatic rings. The lowest BCUT2D eigenvalue weighted by Crippen LogP contribution is -2.51. The minimum atomic E-state index is -4.61. The minimum Gasteiger partial charge on any atom is -0.304 e. The van der Waals surface area contributed by atoms with Crippen molar-refractivity contribution in [3.05, 3.63) is 53.1 Å². The number of nitrogens with zero attached hydrogens (tertiary/aromatic N) is 2. The minimum absolute atomic E-state index is 0.119. The van der Waals surface area contributed by atoms with Gasteiger partial charge in [-0.05, 0) is 30.3 Å². The fourth-order valence-electron chi connectivity index (χ4n) is 2.18. The number of hydrogen-bond acceptors (Lipinski definition) is 3. The lowest BCUT2D eigenvalue weighted by atomic mass is 10.2. The molecule has 2 N–H and O–H groups in total. The third kappa shape index (κ3) is 2.66. The standard InChI is InChI=1S/C14H9ClF3N3O2/c15-9-6-5-8(14(16,17)18)7-12(9)20-13(22)19-10-3-1-2-4-11(10)21(20)23/h1-7,23H,(H,19,22). The van der Waals surface area contributed by atoms with Gasteiger partial charge in [-0.2, -0.15) is 23.4 Å². The van der Waals surface area contributed by atoms with Gasteiger partial charge in [0.1, 0.15) is 5.69 Å². The Labute approximate surface area is 133 Å². The first kappa shape index (κ1) is 15.4. The first-order valence-electron chi connectivity index (χ1n) is 6.35. The highest BCUT2D eigenvalue weighted by Crippen LogP contribution is 2.39. The summed E-state index contributed by atoms with van der Waals surface area (Å²) in [6.45, 7) is 0. The summed E-state index contributed by atoms with van der Waals surface area (Å²) >= 11 is 5.91. The number of benzene rings is 2.